The SMILES string of the molecule is N[C@@H](c1ccc(Cl)c(C(F)(F)F)c1)C1CCNCC1. The van der Waals surface area contributed by atoms with Gasteiger partial charge in [0.05, 0.1) is 10.6 Å². The first-order valence-electron chi connectivity index (χ1n) is 6.22. The molecule has 1 aromatic carbocycles. The Labute approximate surface area is 115 Å². The molecular formula is C13H16ClF3N2. The highest BCUT2D eigenvalue weighted by Crippen LogP contribution is 2.37. The summed E-state index contributed by atoms with van der Waals surface area (Å²) >= 11 is 5.60. The summed E-state index contributed by atoms with van der Waals surface area (Å²) in [6.45, 7) is 1.72. The normalized spacial score (nSPS) is 19.4. The fourth-order valence-electron chi connectivity index (χ4n) is 2.44. The Morgan fingerprint density at radius 3 is 2.47 bits per heavy atom. The molecule has 1 saturated heterocycles. The Morgan fingerprint density at radius 1 is 1.26 bits per heavy atom. The molecule has 1 aliphatic rings. The second-order valence-corrected chi connectivity index (χ2v) is 5.26. The standard InChI is InChI=1S/C13H16ClF3N2/c14-11-2-1-9(7-10(11)13(15,16)17)12(18)8-3-5-19-6-4-8/h1-2,7-8,12,19H,3-6,18H2/t12-/m1/s1. The van der Waals surface area contributed by atoms with E-state index < -0.39 is 11.7 Å². The van der Waals surface area contributed by atoms with Crippen LogP contribution in [0.5, 0.6) is 0 Å². The van der Waals surface area contributed by atoms with Crippen molar-refractivity contribution in [2.45, 2.75) is 25.1 Å². The van der Waals surface area contributed by atoms with Gasteiger partial charge in [-0.2, -0.15) is 13.2 Å². The third-order valence-corrected chi connectivity index (χ3v) is 3.90. The van der Waals surface area contributed by atoms with Gasteiger partial charge in [0.1, 0.15) is 0 Å². The van der Waals surface area contributed by atoms with Gasteiger partial charge in [-0.3, -0.25) is 0 Å². The fourth-order valence-corrected chi connectivity index (χ4v) is 2.67. The average molecular weight is 293 g/mol. The number of nitrogens with two attached hydrogens (primary N) is 1. The zero-order chi connectivity index (χ0) is 14.0. The fraction of sp³-hybridized carbons (Fsp3) is 0.538. The molecule has 3 N–H and O–H groups in total. The van der Waals surface area contributed by atoms with Gasteiger partial charge in [-0.15, -0.1) is 0 Å². The minimum atomic E-state index is -4.44. The van der Waals surface area contributed by atoms with Gasteiger partial charge in [0.2, 0.25) is 0 Å². The van der Waals surface area contributed by atoms with Gasteiger partial charge in [0, 0.05) is 6.04 Å². The Hall–Kier alpha value is -0.780. The maximum atomic E-state index is 12.8. The van der Waals surface area contributed by atoms with Crippen molar-refractivity contribution in [1.29, 1.82) is 0 Å². The smallest absolute Gasteiger partial charge is 0.324 e. The summed E-state index contributed by atoms with van der Waals surface area (Å²) in [6, 6.07) is 3.57. The largest absolute Gasteiger partial charge is 0.417 e. The van der Waals surface area contributed by atoms with E-state index in [0.29, 0.717) is 5.56 Å². The van der Waals surface area contributed by atoms with E-state index in [-0.39, 0.29) is 17.0 Å². The molecule has 6 heteroatoms. The predicted octanol–water partition coefficient (Wildman–Crippen LogP) is 3.36. The Kier molecular flexibility index (Phi) is 4.38. The molecule has 0 amide bonds. The van der Waals surface area contributed by atoms with Gasteiger partial charge in [-0.1, -0.05) is 17.7 Å². The van der Waals surface area contributed by atoms with Crippen molar-refractivity contribution in [3.05, 3.63) is 34.3 Å². The third kappa shape index (κ3) is 3.41. The molecule has 0 saturated carbocycles. The maximum Gasteiger partial charge on any atom is 0.417 e. The topological polar surface area (TPSA) is 38.0 Å². The minimum Gasteiger partial charge on any atom is -0.324 e. The lowest BCUT2D eigenvalue weighted by atomic mass is 9.86. The first-order chi connectivity index (χ1) is 8.89. The molecule has 1 atom stereocenters. The van der Waals surface area contributed by atoms with E-state index in [1.54, 1.807) is 6.07 Å². The second-order valence-electron chi connectivity index (χ2n) is 4.85. The molecule has 2 rings (SSSR count). The Balaban J connectivity index is 2.24. The van der Waals surface area contributed by atoms with E-state index >= 15 is 0 Å². The van der Waals surface area contributed by atoms with Crippen LogP contribution in [0.15, 0.2) is 18.2 Å². The summed E-state index contributed by atoms with van der Waals surface area (Å²) in [7, 11) is 0. The van der Waals surface area contributed by atoms with E-state index in [2.05, 4.69) is 5.32 Å². The van der Waals surface area contributed by atoms with Crippen molar-refractivity contribution in [2.75, 3.05) is 13.1 Å². The number of piperidine rings is 1. The summed E-state index contributed by atoms with van der Waals surface area (Å²) in [6.07, 6.45) is -2.68. The van der Waals surface area contributed by atoms with Crippen LogP contribution in [-0.2, 0) is 6.18 Å². The molecule has 2 nitrogen and oxygen atoms in total. The van der Waals surface area contributed by atoms with Crippen LogP contribution in [0.3, 0.4) is 0 Å². The highest BCUT2D eigenvalue weighted by molar-refractivity contribution is 6.31. The van der Waals surface area contributed by atoms with E-state index in [4.69, 9.17) is 17.3 Å². The summed E-state index contributed by atoms with van der Waals surface area (Å²) in [5.41, 5.74) is 5.79. The van der Waals surface area contributed by atoms with Crippen molar-refractivity contribution in [2.24, 2.45) is 11.7 Å². The summed E-state index contributed by atoms with van der Waals surface area (Å²) in [5, 5.41) is 2.93. The number of alkyl halides is 3. The van der Waals surface area contributed by atoms with Crippen LogP contribution in [0.4, 0.5) is 13.2 Å². The zero-order valence-corrected chi connectivity index (χ0v) is 11.1. The highest BCUT2D eigenvalue weighted by atomic mass is 35.5. The van der Waals surface area contributed by atoms with Crippen LogP contribution in [0.1, 0.15) is 30.0 Å². The van der Waals surface area contributed by atoms with E-state index in [0.717, 1.165) is 32.0 Å². The van der Waals surface area contributed by atoms with E-state index in [1.165, 1.54) is 6.07 Å². The number of nitrogens with one attached hydrogen (secondary N) is 1. The number of rotatable bonds is 2. The molecule has 1 aromatic rings. The lowest BCUT2D eigenvalue weighted by Crippen LogP contribution is -2.33. The van der Waals surface area contributed by atoms with Gasteiger partial charge in [-0.25, -0.2) is 0 Å². The lowest BCUT2D eigenvalue weighted by Gasteiger charge is -2.28. The van der Waals surface area contributed by atoms with Gasteiger partial charge in [0.25, 0.3) is 0 Å². The average Bonchev–Trinajstić information content (AvgIpc) is 2.38. The van der Waals surface area contributed by atoms with Crippen LogP contribution >= 0.6 is 11.6 Å². The van der Waals surface area contributed by atoms with Crippen LogP contribution in [-0.4, -0.2) is 13.1 Å². The van der Waals surface area contributed by atoms with Crippen LogP contribution in [0.25, 0.3) is 0 Å². The molecule has 1 fully saturated rings. The molecule has 1 heterocycles. The van der Waals surface area contributed by atoms with Gasteiger partial charge in [0.15, 0.2) is 0 Å². The van der Waals surface area contributed by atoms with Crippen LogP contribution in [0.2, 0.25) is 5.02 Å². The minimum absolute atomic E-state index is 0.212. The molecular weight excluding hydrogens is 277 g/mol. The van der Waals surface area contributed by atoms with Crippen LogP contribution in [0, 0.1) is 5.92 Å². The molecule has 0 unspecified atom stereocenters. The zero-order valence-electron chi connectivity index (χ0n) is 10.3. The number of benzene rings is 1. The number of hydrogen-bond acceptors (Lipinski definition) is 2. The molecule has 0 aromatic heterocycles. The monoisotopic (exact) mass is 292 g/mol. The van der Waals surface area contributed by atoms with Crippen molar-refractivity contribution >= 4 is 11.6 Å². The first kappa shape index (κ1) is 14.6. The maximum absolute atomic E-state index is 12.8. The lowest BCUT2D eigenvalue weighted by molar-refractivity contribution is -0.137. The van der Waals surface area contributed by atoms with E-state index in [9.17, 15) is 13.2 Å². The number of hydrogen-bond donors (Lipinski definition) is 2. The summed E-state index contributed by atoms with van der Waals surface area (Å²) in [4.78, 5) is 0. The van der Waals surface area contributed by atoms with E-state index in [1.807, 2.05) is 0 Å². The quantitative estimate of drug-likeness (QED) is 0.877. The van der Waals surface area contributed by atoms with Crippen molar-refractivity contribution < 1.29 is 13.2 Å². The predicted molar refractivity (Wildman–Crippen MR) is 69.0 cm³/mol. The highest BCUT2D eigenvalue weighted by Gasteiger charge is 2.34. The first-order valence-corrected chi connectivity index (χ1v) is 6.60. The van der Waals surface area contributed by atoms with Gasteiger partial charge >= 0.3 is 6.18 Å². The van der Waals surface area contributed by atoms with Crippen LogP contribution < -0.4 is 11.1 Å². The summed E-state index contributed by atoms with van der Waals surface area (Å²) < 4.78 is 38.4. The van der Waals surface area contributed by atoms with Crippen molar-refractivity contribution in [3.63, 3.8) is 0 Å². The molecule has 1 aliphatic heterocycles. The Morgan fingerprint density at radius 2 is 1.89 bits per heavy atom. The second kappa shape index (κ2) is 5.69. The Bertz CT molecular complexity index is 442. The summed E-state index contributed by atoms with van der Waals surface area (Å²) in [5.74, 6) is 0.212. The molecule has 0 spiro atoms. The molecule has 19 heavy (non-hydrogen) atoms. The molecule has 0 radical (unpaired) electrons. The number of halogens is 4. The molecule has 106 valence electrons. The van der Waals surface area contributed by atoms with Gasteiger partial charge in [-0.05, 0) is 49.5 Å². The van der Waals surface area contributed by atoms with Crippen molar-refractivity contribution in [3.8, 4) is 0 Å². The van der Waals surface area contributed by atoms with Crippen molar-refractivity contribution in [1.82, 2.24) is 5.32 Å². The molecule has 0 bridgehead atoms. The van der Waals surface area contributed by atoms with Gasteiger partial charge < -0.3 is 11.1 Å². The molecule has 0 aliphatic carbocycles. The third-order valence-electron chi connectivity index (χ3n) is 3.57.